The molecule has 0 spiro atoms. The maximum atomic E-state index is 5.42. The Hall–Kier alpha value is -7.49. The summed E-state index contributed by atoms with van der Waals surface area (Å²) in [7, 11) is 0. The van der Waals surface area contributed by atoms with Gasteiger partial charge in [0.2, 0.25) is 0 Å². The average Bonchev–Trinajstić information content (AvgIpc) is 3.28. The van der Waals surface area contributed by atoms with Crippen molar-refractivity contribution in [2.45, 2.75) is 0 Å². The molecule has 12 rings (SSSR count). The number of benzene rings is 9. The summed E-state index contributed by atoms with van der Waals surface area (Å²) in [5.74, 6) is 0. The van der Waals surface area contributed by atoms with E-state index in [2.05, 4.69) is 175 Å². The van der Waals surface area contributed by atoms with Crippen molar-refractivity contribution in [3.63, 3.8) is 0 Å². The zero-order valence-electron chi connectivity index (χ0n) is 30.2. The van der Waals surface area contributed by atoms with Gasteiger partial charge in [-0.1, -0.05) is 140 Å². The van der Waals surface area contributed by atoms with E-state index in [1.165, 1.54) is 70.4 Å². The van der Waals surface area contributed by atoms with Crippen molar-refractivity contribution in [1.29, 1.82) is 0 Å². The molecule has 3 nitrogen and oxygen atoms in total. The second kappa shape index (κ2) is 12.0. The molecular weight excluding hydrogens is 679 g/mol. The first kappa shape index (κ1) is 30.9. The molecule has 3 heteroatoms. The van der Waals surface area contributed by atoms with E-state index in [1.807, 2.05) is 18.5 Å². The monoisotopic (exact) mass is 709 g/mol. The molecule has 56 heavy (non-hydrogen) atoms. The van der Waals surface area contributed by atoms with Gasteiger partial charge in [0.25, 0.3) is 0 Å². The Morgan fingerprint density at radius 1 is 0.304 bits per heavy atom. The molecule has 0 aliphatic heterocycles. The molecule has 0 N–H and O–H groups in total. The van der Waals surface area contributed by atoms with Gasteiger partial charge in [0, 0.05) is 44.9 Å². The van der Waals surface area contributed by atoms with Gasteiger partial charge in [-0.15, -0.1) is 0 Å². The molecule has 0 unspecified atom stereocenters. The van der Waals surface area contributed by atoms with Crippen LogP contribution in [-0.2, 0) is 0 Å². The van der Waals surface area contributed by atoms with Gasteiger partial charge in [0.15, 0.2) is 0 Å². The van der Waals surface area contributed by atoms with E-state index in [-0.39, 0.29) is 0 Å². The fourth-order valence-electron chi connectivity index (χ4n) is 9.09. The summed E-state index contributed by atoms with van der Waals surface area (Å²) in [6.45, 7) is 0. The minimum atomic E-state index is 0.930. The van der Waals surface area contributed by atoms with Gasteiger partial charge >= 0.3 is 0 Å². The van der Waals surface area contributed by atoms with E-state index in [4.69, 9.17) is 9.97 Å². The van der Waals surface area contributed by atoms with E-state index >= 15 is 0 Å². The van der Waals surface area contributed by atoms with Crippen molar-refractivity contribution in [3.05, 3.63) is 188 Å². The Bertz CT molecular complexity index is 3600. The van der Waals surface area contributed by atoms with Gasteiger partial charge in [-0.3, -0.25) is 9.97 Å². The van der Waals surface area contributed by atoms with Gasteiger partial charge in [0.05, 0.1) is 22.2 Å². The lowest BCUT2D eigenvalue weighted by molar-refractivity contribution is 1.37. The minimum Gasteiger partial charge on any atom is -0.254 e. The maximum Gasteiger partial charge on any atom is 0.0970 e. The second-order valence-corrected chi connectivity index (χ2v) is 14.7. The number of hydrogen-bond donors (Lipinski definition) is 0. The molecular formula is C53H31N3. The largest absolute Gasteiger partial charge is 0.254 e. The Kier molecular flexibility index (Phi) is 6.63. The summed E-state index contributed by atoms with van der Waals surface area (Å²) >= 11 is 0. The normalized spacial score (nSPS) is 11.9. The third-order valence-corrected chi connectivity index (χ3v) is 11.7. The van der Waals surface area contributed by atoms with Gasteiger partial charge in [-0.05, 0) is 102 Å². The third kappa shape index (κ3) is 4.61. The van der Waals surface area contributed by atoms with Crippen LogP contribution >= 0.6 is 0 Å². The number of pyridine rings is 3. The van der Waals surface area contributed by atoms with Crippen molar-refractivity contribution in [2.75, 3.05) is 0 Å². The summed E-state index contributed by atoms with van der Waals surface area (Å²) in [4.78, 5) is 14.8. The fraction of sp³-hybridized carbons (Fsp3) is 0. The lowest BCUT2D eigenvalue weighted by Gasteiger charge is -2.16. The molecule has 0 saturated carbocycles. The molecule has 9 aromatic carbocycles. The molecule has 12 aromatic rings. The van der Waals surface area contributed by atoms with Crippen molar-refractivity contribution in [3.8, 4) is 33.5 Å². The predicted molar refractivity (Wildman–Crippen MR) is 236 cm³/mol. The highest BCUT2D eigenvalue weighted by Gasteiger charge is 2.18. The van der Waals surface area contributed by atoms with Crippen LogP contribution in [0.4, 0.5) is 0 Å². The number of nitrogens with zero attached hydrogens (tertiary/aromatic N) is 3. The molecule has 0 aliphatic carbocycles. The number of hydrogen-bond acceptors (Lipinski definition) is 3. The molecule has 258 valence electrons. The fourth-order valence-corrected chi connectivity index (χ4v) is 9.09. The average molecular weight is 710 g/mol. The van der Waals surface area contributed by atoms with Crippen molar-refractivity contribution >= 4 is 86.6 Å². The summed E-state index contributed by atoms with van der Waals surface area (Å²) in [5.41, 5.74) is 9.64. The lowest BCUT2D eigenvalue weighted by Crippen LogP contribution is -1.93. The van der Waals surface area contributed by atoms with Crippen LogP contribution in [0.1, 0.15) is 0 Å². The quantitative estimate of drug-likeness (QED) is 0.171. The van der Waals surface area contributed by atoms with Crippen LogP contribution in [0.2, 0.25) is 0 Å². The molecule has 0 fully saturated rings. The number of fused-ring (bicyclic) bond motifs is 14. The van der Waals surface area contributed by atoms with E-state index in [1.54, 1.807) is 0 Å². The summed E-state index contributed by atoms with van der Waals surface area (Å²) < 4.78 is 0. The molecule has 3 aromatic heterocycles. The van der Waals surface area contributed by atoms with Crippen LogP contribution in [0.25, 0.3) is 120 Å². The van der Waals surface area contributed by atoms with E-state index in [0.29, 0.717) is 0 Å². The molecule has 0 aliphatic rings. The van der Waals surface area contributed by atoms with Crippen LogP contribution < -0.4 is 0 Å². The van der Waals surface area contributed by atoms with Gasteiger partial charge in [-0.25, -0.2) is 4.98 Å². The highest BCUT2D eigenvalue weighted by Crippen LogP contribution is 2.43. The van der Waals surface area contributed by atoms with E-state index in [9.17, 15) is 0 Å². The van der Waals surface area contributed by atoms with Crippen LogP contribution in [0.3, 0.4) is 0 Å². The summed E-state index contributed by atoms with van der Waals surface area (Å²) in [6.07, 6.45) is 3.74. The van der Waals surface area contributed by atoms with Crippen LogP contribution in [0.5, 0.6) is 0 Å². The molecule has 0 bridgehead atoms. The topological polar surface area (TPSA) is 38.7 Å². The van der Waals surface area contributed by atoms with Crippen molar-refractivity contribution in [2.24, 2.45) is 0 Å². The van der Waals surface area contributed by atoms with Gasteiger partial charge in [0.1, 0.15) is 0 Å². The van der Waals surface area contributed by atoms with Crippen LogP contribution in [-0.4, -0.2) is 15.0 Å². The molecule has 0 atom stereocenters. The smallest absolute Gasteiger partial charge is 0.0970 e. The SMILES string of the molecule is c1cc(-c2ccc3ccc4cc(-c5ccnc6c5ccc5cccnc56)ccc4c3c2)cc(-c2nc3ccccc3c3c4ccccc4c4ccccc4c23)c1. The Balaban J connectivity index is 1.02. The molecule has 0 radical (unpaired) electrons. The minimum absolute atomic E-state index is 0.930. The Morgan fingerprint density at radius 3 is 1.84 bits per heavy atom. The zero-order valence-corrected chi connectivity index (χ0v) is 30.2. The van der Waals surface area contributed by atoms with Crippen LogP contribution in [0.15, 0.2) is 188 Å². The second-order valence-electron chi connectivity index (χ2n) is 14.7. The van der Waals surface area contributed by atoms with Gasteiger partial charge < -0.3 is 0 Å². The molecule has 3 heterocycles. The van der Waals surface area contributed by atoms with E-state index < -0.39 is 0 Å². The molecule has 0 saturated heterocycles. The highest BCUT2D eigenvalue weighted by atomic mass is 14.7. The van der Waals surface area contributed by atoms with Crippen LogP contribution in [0, 0.1) is 0 Å². The first-order chi connectivity index (χ1) is 27.8. The zero-order chi connectivity index (χ0) is 36.7. The van der Waals surface area contributed by atoms with E-state index in [0.717, 1.165) is 49.7 Å². The van der Waals surface area contributed by atoms with Gasteiger partial charge in [-0.2, -0.15) is 0 Å². The Labute approximate surface area is 322 Å². The standard InChI is InChI=1S/C53H31N3/c1-3-14-43-41(12-1)42-13-2-4-15-44(42)50-49(43)46-16-5-6-17-48(46)56-51(50)38-10-7-9-34(29-38)35-20-18-32-19-21-36-30-37(23-24-39(36)47(32)31-35)40-26-28-55-53-45(40)25-22-33-11-8-27-54-52(33)53/h1-31H. The molecule has 0 amide bonds. The summed E-state index contributed by atoms with van der Waals surface area (Å²) in [6, 6.07) is 63.7. The predicted octanol–water partition coefficient (Wildman–Crippen LogP) is 14.1. The van der Waals surface area contributed by atoms with Crippen molar-refractivity contribution < 1.29 is 0 Å². The Morgan fingerprint density at radius 2 is 0.964 bits per heavy atom. The highest BCUT2D eigenvalue weighted by molar-refractivity contribution is 6.33. The lowest BCUT2D eigenvalue weighted by atomic mass is 9.89. The van der Waals surface area contributed by atoms with Crippen molar-refractivity contribution in [1.82, 2.24) is 15.0 Å². The summed E-state index contributed by atoms with van der Waals surface area (Å²) in [5, 5.41) is 15.7. The number of para-hydroxylation sites is 1. The number of rotatable bonds is 3. The number of aromatic nitrogens is 3. The first-order valence-electron chi connectivity index (χ1n) is 19.1. The third-order valence-electron chi connectivity index (χ3n) is 11.7. The maximum absolute atomic E-state index is 5.42. The first-order valence-corrected chi connectivity index (χ1v) is 19.1.